The van der Waals surface area contributed by atoms with Crippen molar-refractivity contribution in [3.05, 3.63) is 30.3 Å². The molecule has 1 aliphatic rings. The Morgan fingerprint density at radius 2 is 1.80 bits per heavy atom. The molecule has 1 aliphatic carbocycles. The van der Waals surface area contributed by atoms with Crippen molar-refractivity contribution >= 4 is 35.2 Å². The Labute approximate surface area is 184 Å². The number of alkyl halides is 3. The molecule has 1 fully saturated rings. The molecule has 0 heterocycles. The maximum Gasteiger partial charge on any atom is 0.428 e. The van der Waals surface area contributed by atoms with Crippen molar-refractivity contribution < 1.29 is 32.5 Å². The Bertz CT molecular complexity index is 679. The molecule has 2 rings (SSSR count). The summed E-state index contributed by atoms with van der Waals surface area (Å²) in [6, 6.07) is 8.36. The van der Waals surface area contributed by atoms with Gasteiger partial charge in [-0.1, -0.05) is 37.5 Å². The summed E-state index contributed by atoms with van der Waals surface area (Å²) < 4.78 is 54.1. The lowest BCUT2D eigenvalue weighted by atomic mass is 9.75. The highest BCUT2D eigenvalue weighted by molar-refractivity contribution is 7.99. The predicted octanol–water partition coefficient (Wildman–Crippen LogP) is 6.24. The Hall–Kier alpha value is -1.48. The second-order valence-corrected chi connectivity index (χ2v) is 8.91. The van der Waals surface area contributed by atoms with E-state index >= 15 is 0 Å². The van der Waals surface area contributed by atoms with Crippen LogP contribution in [0.4, 0.5) is 13.2 Å². The smallest absolute Gasteiger partial charge is 0.428 e. The summed E-state index contributed by atoms with van der Waals surface area (Å²) in [6.07, 6.45) is -1.22. The summed E-state index contributed by atoms with van der Waals surface area (Å²) >= 11 is 6.36. The molecule has 30 heavy (non-hydrogen) atoms. The molecule has 0 bridgehead atoms. The van der Waals surface area contributed by atoms with E-state index in [9.17, 15) is 18.0 Å². The summed E-state index contributed by atoms with van der Waals surface area (Å²) in [5, 5.41) is 8.16. The van der Waals surface area contributed by atoms with Gasteiger partial charge in [0.2, 0.25) is 5.60 Å². The van der Waals surface area contributed by atoms with Crippen molar-refractivity contribution in [2.24, 2.45) is 5.92 Å². The first-order chi connectivity index (χ1) is 14.2. The lowest BCUT2D eigenvalue weighted by Gasteiger charge is -2.43. The normalized spacial score (nSPS) is 17.2. The van der Waals surface area contributed by atoms with Crippen molar-refractivity contribution in [3.63, 3.8) is 0 Å². The third kappa shape index (κ3) is 7.34. The number of para-hydroxylation sites is 1. The first-order valence-corrected chi connectivity index (χ1v) is 11.6. The fourth-order valence-electron chi connectivity index (χ4n) is 3.74. The number of carboxylic acids is 1. The van der Waals surface area contributed by atoms with E-state index < -0.39 is 28.9 Å². The number of carboxylic acid groups (broad SMARTS) is 1. The summed E-state index contributed by atoms with van der Waals surface area (Å²) in [5.41, 5.74) is -2.40. The first-order valence-electron chi connectivity index (χ1n) is 10.1. The first kappa shape index (κ1) is 24.8. The number of rotatable bonds is 10. The van der Waals surface area contributed by atoms with Crippen molar-refractivity contribution in [3.8, 4) is 5.75 Å². The highest BCUT2D eigenvalue weighted by atomic mass is 32.2. The molecule has 9 heteroatoms. The Morgan fingerprint density at radius 3 is 2.40 bits per heavy atom. The van der Waals surface area contributed by atoms with Gasteiger partial charge < -0.3 is 14.6 Å². The molecule has 1 atom stereocenters. The average molecular weight is 465 g/mol. The van der Waals surface area contributed by atoms with Gasteiger partial charge in [-0.15, -0.1) is 0 Å². The van der Waals surface area contributed by atoms with E-state index in [1.165, 1.54) is 11.8 Å². The number of thioether (sulfide) groups is 1. The molecule has 0 amide bonds. The van der Waals surface area contributed by atoms with Crippen LogP contribution < -0.4 is 4.74 Å². The third-order valence-electron chi connectivity index (χ3n) is 5.25. The van der Waals surface area contributed by atoms with Crippen molar-refractivity contribution in [2.75, 3.05) is 11.5 Å². The van der Waals surface area contributed by atoms with Gasteiger partial charge in [0.05, 0.1) is 0 Å². The Morgan fingerprint density at radius 1 is 1.13 bits per heavy atom. The minimum absolute atomic E-state index is 0.00550. The Balaban J connectivity index is 2.11. The zero-order chi connectivity index (χ0) is 22.0. The highest BCUT2D eigenvalue weighted by Crippen LogP contribution is 2.48. The Kier molecular flexibility index (Phi) is 9.74. The molecule has 1 saturated carbocycles. The molecule has 0 aliphatic heterocycles. The van der Waals surface area contributed by atoms with Gasteiger partial charge in [-0.2, -0.15) is 24.9 Å². The molecular weight excluding hydrogens is 437 g/mol. The number of carbonyl (C=O) groups is 1. The fourth-order valence-corrected chi connectivity index (χ4v) is 4.99. The van der Waals surface area contributed by atoms with E-state index in [1.54, 1.807) is 30.3 Å². The van der Waals surface area contributed by atoms with Crippen LogP contribution in [0.5, 0.6) is 5.75 Å². The van der Waals surface area contributed by atoms with Gasteiger partial charge in [0, 0.05) is 31.0 Å². The van der Waals surface area contributed by atoms with Crippen LogP contribution in [0.15, 0.2) is 30.3 Å². The second kappa shape index (κ2) is 11.8. The van der Waals surface area contributed by atoms with Gasteiger partial charge >= 0.3 is 17.4 Å². The second-order valence-electron chi connectivity index (χ2n) is 7.35. The van der Waals surface area contributed by atoms with Gasteiger partial charge in [0.1, 0.15) is 5.75 Å². The van der Waals surface area contributed by atoms with Crippen molar-refractivity contribution in [1.82, 2.24) is 0 Å². The summed E-state index contributed by atoms with van der Waals surface area (Å²) in [4.78, 5) is 10.6. The lowest BCUT2D eigenvalue weighted by molar-refractivity contribution is -0.278. The molecule has 4 nitrogen and oxygen atoms in total. The number of hydrogen-bond donors (Lipinski definition) is 1. The van der Waals surface area contributed by atoms with Crippen LogP contribution in [-0.4, -0.2) is 39.6 Å². The molecule has 0 radical (unpaired) electrons. The van der Waals surface area contributed by atoms with Crippen LogP contribution in [0.3, 0.4) is 0 Å². The monoisotopic (exact) mass is 464 g/mol. The predicted molar refractivity (Wildman–Crippen MR) is 115 cm³/mol. The zero-order valence-corrected chi connectivity index (χ0v) is 18.3. The summed E-state index contributed by atoms with van der Waals surface area (Å²) in [6.45, 7) is 0. The van der Waals surface area contributed by atoms with E-state index in [-0.39, 0.29) is 18.6 Å². The van der Waals surface area contributed by atoms with Crippen LogP contribution >= 0.6 is 24.0 Å². The minimum atomic E-state index is -4.61. The zero-order valence-electron chi connectivity index (χ0n) is 16.7. The fraction of sp³-hybridized carbons (Fsp3) is 0.619. The maximum absolute atomic E-state index is 14.4. The number of thiocarbonyl (C=S) groups is 1. The standard InChI is InChI=1S/C21H27F3O4S2/c22-21(23,24)20(16-8-3-1-4-9-16,13-15-30-14-7-12-18(25)26)28-19(29)27-17-10-5-2-6-11-17/h2,5-6,10-11,16H,1,3-4,7-9,12-15H2,(H,25,26). The van der Waals surface area contributed by atoms with E-state index in [1.807, 2.05) is 0 Å². The maximum atomic E-state index is 14.4. The molecule has 0 saturated heterocycles. The molecule has 168 valence electrons. The SMILES string of the molecule is O=C(O)CCCSCCC(OC(=S)Oc1ccccc1)(C1CCCCC1)C(F)(F)F. The number of aliphatic carboxylic acids is 1. The molecule has 1 unspecified atom stereocenters. The van der Waals surface area contributed by atoms with Gasteiger partial charge in [-0.3, -0.25) is 4.79 Å². The minimum Gasteiger partial charge on any atom is -0.481 e. The van der Waals surface area contributed by atoms with Gasteiger partial charge in [-0.05, 0) is 42.9 Å². The van der Waals surface area contributed by atoms with Crippen molar-refractivity contribution in [2.45, 2.75) is 63.1 Å². The molecule has 0 aromatic heterocycles. The number of halogens is 3. The average Bonchev–Trinajstić information content (AvgIpc) is 2.70. The van der Waals surface area contributed by atoms with Gasteiger partial charge in [0.15, 0.2) is 0 Å². The number of hydrogen-bond acceptors (Lipinski definition) is 5. The summed E-state index contributed by atoms with van der Waals surface area (Å²) in [5.74, 6) is -0.595. The molecule has 1 aromatic carbocycles. The largest absolute Gasteiger partial charge is 0.481 e. The van der Waals surface area contributed by atoms with Crippen LogP contribution in [0.1, 0.15) is 51.4 Å². The number of benzene rings is 1. The van der Waals surface area contributed by atoms with Gasteiger partial charge in [0.25, 0.3) is 0 Å². The summed E-state index contributed by atoms with van der Waals surface area (Å²) in [7, 11) is 0. The topological polar surface area (TPSA) is 55.8 Å². The quantitative estimate of drug-likeness (QED) is 0.327. The highest BCUT2D eigenvalue weighted by Gasteiger charge is 2.61. The molecule has 1 N–H and O–H groups in total. The van der Waals surface area contributed by atoms with E-state index in [4.69, 9.17) is 26.8 Å². The van der Waals surface area contributed by atoms with Crippen LogP contribution in [0, 0.1) is 5.92 Å². The van der Waals surface area contributed by atoms with Crippen LogP contribution in [-0.2, 0) is 9.53 Å². The van der Waals surface area contributed by atoms with Gasteiger partial charge in [-0.25, -0.2) is 0 Å². The van der Waals surface area contributed by atoms with Crippen molar-refractivity contribution in [1.29, 1.82) is 0 Å². The molecular formula is C21H27F3O4S2. The van der Waals surface area contributed by atoms with E-state index in [2.05, 4.69) is 0 Å². The lowest BCUT2D eigenvalue weighted by Crippen LogP contribution is -2.55. The van der Waals surface area contributed by atoms with Crippen LogP contribution in [0.2, 0.25) is 0 Å². The third-order valence-corrected chi connectivity index (χ3v) is 6.49. The van der Waals surface area contributed by atoms with E-state index in [0.717, 1.165) is 19.3 Å². The number of ether oxygens (including phenoxy) is 2. The molecule has 0 spiro atoms. The van der Waals surface area contributed by atoms with E-state index in [0.29, 0.717) is 30.8 Å². The molecule has 1 aromatic rings. The van der Waals surface area contributed by atoms with Crippen LogP contribution in [0.25, 0.3) is 0 Å².